The Labute approximate surface area is 166 Å². The zero-order valence-electron chi connectivity index (χ0n) is 11.8. The normalized spacial score (nSPS) is 10.1. The highest BCUT2D eigenvalue weighted by atomic mass is 127. The number of amides is 1. The zero-order chi connectivity index (χ0) is 17.0. The molecule has 0 spiro atoms. The molecule has 0 unspecified atom stereocenters. The lowest BCUT2D eigenvalue weighted by molar-refractivity contribution is 0.0977. The summed E-state index contributed by atoms with van der Waals surface area (Å²) in [6, 6.07) is 10.5. The molecule has 2 rings (SSSR count). The number of halogens is 3. The van der Waals surface area contributed by atoms with Crippen molar-refractivity contribution in [3.63, 3.8) is 0 Å². The van der Waals surface area contributed by atoms with Crippen LogP contribution in [0.25, 0.3) is 0 Å². The second-order valence-electron chi connectivity index (χ2n) is 4.38. The van der Waals surface area contributed by atoms with Crippen molar-refractivity contribution < 1.29 is 9.53 Å². The molecule has 2 N–H and O–H groups in total. The molecule has 4 nitrogen and oxygen atoms in total. The van der Waals surface area contributed by atoms with Gasteiger partial charge in [0.2, 0.25) is 0 Å². The van der Waals surface area contributed by atoms with E-state index in [4.69, 9.17) is 28.6 Å². The quantitative estimate of drug-likeness (QED) is 0.445. The summed E-state index contributed by atoms with van der Waals surface area (Å²) in [4.78, 5) is 12.2. The lowest BCUT2D eigenvalue weighted by Gasteiger charge is -2.12. The van der Waals surface area contributed by atoms with Crippen LogP contribution in [0, 0.1) is 3.57 Å². The van der Waals surface area contributed by atoms with Crippen LogP contribution in [0.15, 0.2) is 40.9 Å². The Morgan fingerprint density at radius 2 is 2.04 bits per heavy atom. The number of methoxy groups -OCH3 is 1. The molecule has 0 saturated carbocycles. The van der Waals surface area contributed by atoms with Gasteiger partial charge in [0, 0.05) is 13.6 Å². The van der Waals surface area contributed by atoms with Crippen LogP contribution in [0.4, 0.5) is 5.69 Å². The van der Waals surface area contributed by atoms with Crippen LogP contribution >= 0.6 is 62.3 Å². The molecule has 0 aliphatic heterocycles. The lowest BCUT2D eigenvalue weighted by atomic mass is 10.2. The first-order valence-electron chi connectivity index (χ1n) is 6.31. The van der Waals surface area contributed by atoms with Crippen LogP contribution < -0.4 is 15.4 Å². The molecular weight excluding hydrogens is 515 g/mol. The number of carbonyl (C=O) groups is 1. The summed E-state index contributed by atoms with van der Waals surface area (Å²) < 4.78 is 7.00. The van der Waals surface area contributed by atoms with Crippen molar-refractivity contribution in [2.75, 3.05) is 12.4 Å². The van der Waals surface area contributed by atoms with Gasteiger partial charge in [-0.25, -0.2) is 0 Å². The maximum absolute atomic E-state index is 12.2. The minimum Gasteiger partial charge on any atom is -0.495 e. The van der Waals surface area contributed by atoms with E-state index in [1.807, 2.05) is 18.2 Å². The van der Waals surface area contributed by atoms with Crippen LogP contribution in [0.1, 0.15) is 10.4 Å². The first-order chi connectivity index (χ1) is 10.9. The summed E-state index contributed by atoms with van der Waals surface area (Å²) in [6.45, 7) is 0. The third-order valence-corrected chi connectivity index (χ3v) is 4.71. The van der Waals surface area contributed by atoms with E-state index >= 15 is 0 Å². The van der Waals surface area contributed by atoms with Gasteiger partial charge in [0.15, 0.2) is 5.11 Å². The maximum Gasteiger partial charge on any atom is 0.257 e. The van der Waals surface area contributed by atoms with E-state index in [2.05, 4.69) is 49.2 Å². The summed E-state index contributed by atoms with van der Waals surface area (Å²) in [5.41, 5.74) is 1.21. The maximum atomic E-state index is 12.2. The van der Waals surface area contributed by atoms with Gasteiger partial charge in [0.05, 0.1) is 17.8 Å². The van der Waals surface area contributed by atoms with E-state index in [-0.39, 0.29) is 11.0 Å². The molecule has 2 aromatic rings. The first kappa shape index (κ1) is 18.4. The average molecular weight is 526 g/mol. The molecule has 0 radical (unpaired) electrons. The van der Waals surface area contributed by atoms with Crippen LogP contribution in [-0.2, 0) is 0 Å². The molecule has 0 saturated heterocycles. The van der Waals surface area contributed by atoms with Crippen molar-refractivity contribution in [1.29, 1.82) is 0 Å². The van der Waals surface area contributed by atoms with Crippen LogP contribution in [0.2, 0.25) is 5.02 Å². The topological polar surface area (TPSA) is 50.4 Å². The van der Waals surface area contributed by atoms with E-state index in [1.54, 1.807) is 12.1 Å². The zero-order valence-corrected chi connectivity index (χ0v) is 17.1. The minimum absolute atomic E-state index is 0.210. The molecule has 0 aliphatic rings. The molecule has 120 valence electrons. The molecule has 2 aromatic carbocycles. The monoisotopic (exact) mass is 524 g/mol. The van der Waals surface area contributed by atoms with Gasteiger partial charge in [0.1, 0.15) is 5.75 Å². The van der Waals surface area contributed by atoms with Crippen molar-refractivity contribution in [3.05, 3.63) is 55.0 Å². The summed E-state index contributed by atoms with van der Waals surface area (Å²) in [7, 11) is 1.51. The van der Waals surface area contributed by atoms with Gasteiger partial charge in [-0.1, -0.05) is 27.5 Å². The largest absolute Gasteiger partial charge is 0.495 e. The predicted molar refractivity (Wildman–Crippen MR) is 109 cm³/mol. The highest BCUT2D eigenvalue weighted by molar-refractivity contribution is 14.1. The van der Waals surface area contributed by atoms with Crippen molar-refractivity contribution in [2.45, 2.75) is 0 Å². The number of thiocarbonyl (C=S) groups is 1. The Hall–Kier alpha value is -0.900. The van der Waals surface area contributed by atoms with Crippen molar-refractivity contribution in [2.24, 2.45) is 0 Å². The Bertz CT molecular complexity index is 773. The number of rotatable bonds is 3. The van der Waals surface area contributed by atoms with Gasteiger partial charge in [-0.2, -0.15) is 0 Å². The summed E-state index contributed by atoms with van der Waals surface area (Å²) in [5, 5.41) is 6.18. The number of anilines is 1. The predicted octanol–water partition coefficient (Wildman–Crippen LogP) is 4.84. The average Bonchev–Trinajstić information content (AvgIpc) is 2.50. The Kier molecular flexibility index (Phi) is 6.63. The van der Waals surface area contributed by atoms with Crippen LogP contribution in [0.3, 0.4) is 0 Å². The smallest absolute Gasteiger partial charge is 0.257 e. The van der Waals surface area contributed by atoms with E-state index in [0.717, 1.165) is 13.7 Å². The Morgan fingerprint density at radius 3 is 2.65 bits per heavy atom. The molecule has 0 atom stereocenters. The second kappa shape index (κ2) is 8.27. The number of nitrogens with one attached hydrogen (secondary N) is 2. The molecule has 1 amide bonds. The molecule has 0 bridgehead atoms. The van der Waals surface area contributed by atoms with Gasteiger partial charge >= 0.3 is 0 Å². The molecule has 0 fully saturated rings. The number of carbonyl (C=O) groups excluding carboxylic acids is 1. The SMILES string of the molecule is COc1ccc(C(=O)NC(=S)Nc2ccc(Br)cc2I)cc1Cl. The van der Waals surface area contributed by atoms with Crippen LogP contribution in [-0.4, -0.2) is 18.1 Å². The summed E-state index contributed by atoms with van der Waals surface area (Å²) in [6.07, 6.45) is 0. The lowest BCUT2D eigenvalue weighted by Crippen LogP contribution is -2.34. The number of ether oxygens (including phenoxy) is 1. The molecule has 0 aliphatic carbocycles. The van der Waals surface area contributed by atoms with Gasteiger partial charge in [-0.05, 0) is 71.2 Å². The number of hydrogen-bond donors (Lipinski definition) is 2. The highest BCUT2D eigenvalue weighted by Crippen LogP contribution is 2.25. The highest BCUT2D eigenvalue weighted by Gasteiger charge is 2.11. The van der Waals surface area contributed by atoms with Crippen molar-refractivity contribution in [1.82, 2.24) is 5.32 Å². The van der Waals surface area contributed by atoms with E-state index in [0.29, 0.717) is 16.3 Å². The Morgan fingerprint density at radius 1 is 1.30 bits per heavy atom. The summed E-state index contributed by atoms with van der Waals surface area (Å²) >= 11 is 16.8. The fraction of sp³-hybridized carbons (Fsp3) is 0.0667. The third kappa shape index (κ3) is 5.03. The fourth-order valence-electron chi connectivity index (χ4n) is 1.73. The van der Waals surface area contributed by atoms with Crippen molar-refractivity contribution >= 4 is 79.0 Å². The van der Waals surface area contributed by atoms with Crippen molar-refractivity contribution in [3.8, 4) is 5.75 Å². The van der Waals surface area contributed by atoms with E-state index < -0.39 is 0 Å². The number of benzene rings is 2. The van der Waals surface area contributed by atoms with Gasteiger partial charge < -0.3 is 10.1 Å². The van der Waals surface area contributed by atoms with E-state index in [1.165, 1.54) is 13.2 Å². The first-order valence-corrected chi connectivity index (χ1v) is 8.97. The van der Waals surface area contributed by atoms with Gasteiger partial charge in [-0.15, -0.1) is 0 Å². The second-order valence-corrected chi connectivity index (χ2v) is 7.28. The molecule has 23 heavy (non-hydrogen) atoms. The van der Waals surface area contributed by atoms with Crippen LogP contribution in [0.5, 0.6) is 5.75 Å². The summed E-state index contributed by atoms with van der Waals surface area (Å²) in [5.74, 6) is 0.160. The fourth-order valence-corrected chi connectivity index (χ4v) is 3.63. The Balaban J connectivity index is 2.05. The van der Waals surface area contributed by atoms with E-state index in [9.17, 15) is 4.79 Å². The third-order valence-electron chi connectivity index (χ3n) is 2.82. The molecular formula is C15H11BrClIN2O2S. The standard InChI is InChI=1S/C15H11BrClIN2O2S/c1-22-13-5-2-8(6-10(13)17)14(21)20-15(23)19-12-4-3-9(16)7-11(12)18/h2-7H,1H3,(H2,19,20,21,23). The number of hydrogen-bond acceptors (Lipinski definition) is 3. The molecule has 0 aromatic heterocycles. The molecule has 8 heteroatoms. The minimum atomic E-state index is -0.348. The van der Waals surface area contributed by atoms with Gasteiger partial charge in [0.25, 0.3) is 5.91 Å². The molecule has 0 heterocycles. The van der Waals surface area contributed by atoms with Gasteiger partial charge in [-0.3, -0.25) is 10.1 Å².